The second-order valence-corrected chi connectivity index (χ2v) is 5.76. The third-order valence-corrected chi connectivity index (χ3v) is 3.20. The monoisotopic (exact) mass is 242 g/mol. The fourth-order valence-corrected chi connectivity index (χ4v) is 2.49. The lowest BCUT2D eigenvalue weighted by Crippen LogP contribution is -2.19. The Hall–Kier alpha value is -1.63. The summed E-state index contributed by atoms with van der Waals surface area (Å²) in [4.78, 5) is 0. The highest BCUT2D eigenvalue weighted by atomic mass is 19.1. The molecular weight excluding hydrogens is 223 g/mol. The number of halogens is 1. The Morgan fingerprint density at radius 2 is 1.28 bits per heavy atom. The van der Waals surface area contributed by atoms with Gasteiger partial charge in [-0.25, -0.2) is 4.39 Å². The molecule has 1 heteroatoms. The van der Waals surface area contributed by atoms with Gasteiger partial charge in [-0.1, -0.05) is 63.2 Å². The topological polar surface area (TPSA) is 0 Å². The van der Waals surface area contributed by atoms with Crippen molar-refractivity contribution in [3.63, 3.8) is 0 Å². The molecule has 0 spiro atoms. The van der Waals surface area contributed by atoms with E-state index in [4.69, 9.17) is 0 Å². The van der Waals surface area contributed by atoms with Crippen LogP contribution in [-0.2, 0) is 0 Å². The summed E-state index contributed by atoms with van der Waals surface area (Å²) in [7, 11) is 0. The molecule has 1 atom stereocenters. The quantitative estimate of drug-likeness (QED) is 0.695. The van der Waals surface area contributed by atoms with Crippen LogP contribution in [0.15, 0.2) is 54.6 Å². The molecule has 2 aromatic carbocycles. The lowest BCUT2D eigenvalue weighted by molar-refractivity contribution is 0.358. The highest BCUT2D eigenvalue weighted by molar-refractivity contribution is 5.34. The van der Waals surface area contributed by atoms with E-state index in [2.05, 4.69) is 45.0 Å². The largest absolute Gasteiger partial charge is 0.207 e. The molecule has 0 saturated heterocycles. The van der Waals surface area contributed by atoms with Crippen molar-refractivity contribution in [2.24, 2.45) is 5.41 Å². The van der Waals surface area contributed by atoms with Gasteiger partial charge in [0.25, 0.3) is 0 Å². The summed E-state index contributed by atoms with van der Waals surface area (Å²) < 4.78 is 13.0. The van der Waals surface area contributed by atoms with Crippen molar-refractivity contribution < 1.29 is 4.39 Å². The second kappa shape index (κ2) is 4.93. The van der Waals surface area contributed by atoms with Crippen LogP contribution in [0.1, 0.15) is 37.8 Å². The zero-order chi connectivity index (χ0) is 13.2. The van der Waals surface area contributed by atoms with Gasteiger partial charge >= 0.3 is 0 Å². The first-order valence-electron chi connectivity index (χ1n) is 6.29. The van der Waals surface area contributed by atoms with Gasteiger partial charge in [0.05, 0.1) is 0 Å². The van der Waals surface area contributed by atoms with E-state index in [-0.39, 0.29) is 17.2 Å². The van der Waals surface area contributed by atoms with Crippen LogP contribution in [0.4, 0.5) is 4.39 Å². The Kier molecular flexibility index (Phi) is 3.51. The summed E-state index contributed by atoms with van der Waals surface area (Å²) in [5.74, 6) is 0.0961. The van der Waals surface area contributed by atoms with E-state index in [0.29, 0.717) is 0 Å². The van der Waals surface area contributed by atoms with Crippen molar-refractivity contribution >= 4 is 0 Å². The molecule has 2 rings (SSSR count). The van der Waals surface area contributed by atoms with Crippen LogP contribution in [0.2, 0.25) is 0 Å². The van der Waals surface area contributed by atoms with Crippen LogP contribution in [0.25, 0.3) is 0 Å². The first-order chi connectivity index (χ1) is 8.48. The predicted octanol–water partition coefficient (Wildman–Crippen LogP) is 5.00. The van der Waals surface area contributed by atoms with Gasteiger partial charge in [-0.2, -0.15) is 0 Å². The number of hydrogen-bond donors (Lipinski definition) is 0. The molecule has 0 bridgehead atoms. The Morgan fingerprint density at radius 1 is 0.778 bits per heavy atom. The summed E-state index contributed by atoms with van der Waals surface area (Å²) in [6.07, 6.45) is 0. The Labute approximate surface area is 108 Å². The van der Waals surface area contributed by atoms with Crippen LogP contribution in [-0.4, -0.2) is 0 Å². The number of hydrogen-bond acceptors (Lipinski definition) is 0. The maximum atomic E-state index is 13.0. The molecule has 0 fully saturated rings. The van der Waals surface area contributed by atoms with Gasteiger partial charge in [-0.15, -0.1) is 0 Å². The fourth-order valence-electron chi connectivity index (χ4n) is 2.49. The van der Waals surface area contributed by atoms with Gasteiger partial charge in [0.1, 0.15) is 5.82 Å². The maximum Gasteiger partial charge on any atom is 0.123 e. The summed E-state index contributed by atoms with van der Waals surface area (Å²) in [6.45, 7) is 6.65. The van der Waals surface area contributed by atoms with Crippen molar-refractivity contribution in [2.45, 2.75) is 26.7 Å². The highest BCUT2D eigenvalue weighted by Gasteiger charge is 2.27. The standard InChI is InChI=1S/C17H19F/c1-17(2,3)16(13-7-5-4-6-8-13)14-9-11-15(18)12-10-14/h4-12,16H,1-3H3. The minimum absolute atomic E-state index is 0.0964. The Bertz CT molecular complexity index is 491. The molecule has 0 heterocycles. The third kappa shape index (κ3) is 2.79. The molecule has 0 nitrogen and oxygen atoms in total. The minimum atomic E-state index is -0.181. The SMILES string of the molecule is CC(C)(C)C(c1ccccc1)c1ccc(F)cc1. The molecule has 0 amide bonds. The van der Waals surface area contributed by atoms with E-state index in [0.717, 1.165) is 5.56 Å². The van der Waals surface area contributed by atoms with Gasteiger partial charge in [-0.3, -0.25) is 0 Å². The number of rotatable bonds is 2. The third-order valence-electron chi connectivity index (χ3n) is 3.20. The average molecular weight is 242 g/mol. The van der Waals surface area contributed by atoms with Crippen LogP contribution >= 0.6 is 0 Å². The lowest BCUT2D eigenvalue weighted by Gasteiger charge is -2.31. The molecule has 0 saturated carbocycles. The average Bonchev–Trinajstić information content (AvgIpc) is 2.32. The van der Waals surface area contributed by atoms with Crippen LogP contribution in [0, 0.1) is 11.2 Å². The van der Waals surface area contributed by atoms with Crippen molar-refractivity contribution in [3.05, 3.63) is 71.5 Å². The summed E-state index contributed by atoms with van der Waals surface area (Å²) >= 11 is 0. The Morgan fingerprint density at radius 3 is 1.78 bits per heavy atom. The molecule has 0 aliphatic rings. The molecule has 0 N–H and O–H groups in total. The maximum absolute atomic E-state index is 13.0. The summed E-state index contributed by atoms with van der Waals surface area (Å²) in [6, 6.07) is 17.3. The van der Waals surface area contributed by atoms with Gasteiger partial charge in [0, 0.05) is 5.92 Å². The molecule has 18 heavy (non-hydrogen) atoms. The van der Waals surface area contributed by atoms with E-state index in [1.807, 2.05) is 18.2 Å². The normalized spacial score (nSPS) is 13.3. The molecule has 0 aromatic heterocycles. The molecule has 0 aliphatic heterocycles. The lowest BCUT2D eigenvalue weighted by atomic mass is 9.72. The minimum Gasteiger partial charge on any atom is -0.207 e. The molecule has 0 aliphatic carbocycles. The summed E-state index contributed by atoms with van der Waals surface area (Å²) in [5, 5.41) is 0. The van der Waals surface area contributed by atoms with Gasteiger partial charge < -0.3 is 0 Å². The van der Waals surface area contributed by atoms with Gasteiger partial charge in [0.2, 0.25) is 0 Å². The molecular formula is C17H19F. The first kappa shape index (κ1) is 12.8. The van der Waals surface area contributed by atoms with Crippen LogP contribution < -0.4 is 0 Å². The van der Waals surface area contributed by atoms with E-state index in [9.17, 15) is 4.39 Å². The van der Waals surface area contributed by atoms with E-state index in [1.54, 1.807) is 0 Å². The molecule has 94 valence electrons. The highest BCUT2D eigenvalue weighted by Crippen LogP contribution is 2.40. The smallest absolute Gasteiger partial charge is 0.123 e. The van der Waals surface area contributed by atoms with E-state index >= 15 is 0 Å². The molecule has 0 radical (unpaired) electrons. The van der Waals surface area contributed by atoms with E-state index < -0.39 is 0 Å². The van der Waals surface area contributed by atoms with Gasteiger partial charge in [-0.05, 0) is 28.7 Å². The zero-order valence-electron chi connectivity index (χ0n) is 11.2. The molecule has 2 aromatic rings. The predicted molar refractivity (Wildman–Crippen MR) is 74.1 cm³/mol. The van der Waals surface area contributed by atoms with Crippen molar-refractivity contribution in [1.82, 2.24) is 0 Å². The first-order valence-corrected chi connectivity index (χ1v) is 6.29. The van der Waals surface area contributed by atoms with Crippen LogP contribution in [0.5, 0.6) is 0 Å². The second-order valence-electron chi connectivity index (χ2n) is 5.76. The summed E-state index contributed by atoms with van der Waals surface area (Å²) in [5.41, 5.74) is 2.53. The van der Waals surface area contributed by atoms with Crippen molar-refractivity contribution in [2.75, 3.05) is 0 Å². The van der Waals surface area contributed by atoms with Crippen molar-refractivity contribution in [1.29, 1.82) is 0 Å². The van der Waals surface area contributed by atoms with Crippen LogP contribution in [0.3, 0.4) is 0 Å². The number of benzene rings is 2. The molecule has 1 unspecified atom stereocenters. The Balaban J connectivity index is 2.47. The van der Waals surface area contributed by atoms with Crippen molar-refractivity contribution in [3.8, 4) is 0 Å². The zero-order valence-corrected chi connectivity index (χ0v) is 11.2. The van der Waals surface area contributed by atoms with Gasteiger partial charge in [0.15, 0.2) is 0 Å². The fraction of sp³-hybridized carbons (Fsp3) is 0.294. The van der Waals surface area contributed by atoms with E-state index in [1.165, 1.54) is 17.7 Å².